The number of hydrazine groups is 2. The molecule has 0 bridgehead atoms. The highest BCUT2D eigenvalue weighted by Gasteiger charge is 2.47. The van der Waals surface area contributed by atoms with E-state index in [2.05, 4.69) is 74.1 Å². The molecule has 1 saturated heterocycles. The fraction of sp³-hybridized carbons (Fsp3) is 0.562. The van der Waals surface area contributed by atoms with Gasteiger partial charge in [-0.3, -0.25) is 81.9 Å². The highest BCUT2D eigenvalue weighted by Crippen LogP contribution is 2.32. The average molecular weight is 1630 g/mol. The van der Waals surface area contributed by atoms with Crippen LogP contribution in [0.4, 0.5) is 0 Å². The van der Waals surface area contributed by atoms with Crippen LogP contribution in [0, 0.1) is 17.8 Å². The molecule has 0 saturated carbocycles. The van der Waals surface area contributed by atoms with E-state index in [1.165, 1.54) is 35.3 Å². The highest BCUT2D eigenvalue weighted by molar-refractivity contribution is 7.98. The number of carboxylic acids is 1. The third-order valence-corrected chi connectivity index (χ3v) is 20.8. The molecule has 14 amide bonds. The normalized spacial score (nSPS) is 17.2. The monoisotopic (exact) mass is 1630 g/mol. The Labute approximate surface area is 668 Å². The molecule has 0 spiro atoms. The molecule has 1 fully saturated rings. The highest BCUT2D eigenvalue weighted by atomic mass is 32.2. The van der Waals surface area contributed by atoms with Crippen LogP contribution in [0.2, 0.25) is 0 Å². The van der Waals surface area contributed by atoms with E-state index in [4.69, 9.17) is 34.4 Å². The third kappa shape index (κ3) is 29.6. The smallest absolute Gasteiger partial charge is 0.303 e. The Morgan fingerprint density at radius 2 is 1.12 bits per heavy atom. The van der Waals surface area contributed by atoms with Crippen LogP contribution in [0.25, 0.3) is 10.9 Å². The van der Waals surface area contributed by atoms with Crippen molar-refractivity contribution < 1.29 is 82.1 Å². The molecule has 1 aromatic heterocycles. The zero-order valence-electron chi connectivity index (χ0n) is 65.1. The Bertz CT molecular complexity index is 3910. The minimum atomic E-state index is -1.93. The lowest BCUT2D eigenvalue weighted by molar-refractivity contribution is -0.144. The van der Waals surface area contributed by atoms with Crippen molar-refractivity contribution in [2.75, 3.05) is 50.3 Å². The summed E-state index contributed by atoms with van der Waals surface area (Å²) in [6.07, 6.45) is 5.20. The number of thioether (sulfide) groups is 2. The number of carboxylic acid groups (broad SMARTS) is 1. The number of nitrogens with two attached hydrogens (primary N) is 6. The van der Waals surface area contributed by atoms with Crippen molar-refractivity contribution in [2.45, 2.75) is 191 Å². The minimum Gasteiger partial charge on any atom is -0.481 e. The number of aliphatic imine (C=N–C) groups is 1. The van der Waals surface area contributed by atoms with Crippen molar-refractivity contribution in [1.29, 1.82) is 0 Å². The molecule has 3 heterocycles. The van der Waals surface area contributed by atoms with Crippen LogP contribution in [0.5, 0.6) is 0 Å². The predicted molar refractivity (Wildman–Crippen MR) is 425 cm³/mol. The summed E-state index contributed by atoms with van der Waals surface area (Å²) in [5, 5.41) is 48.1. The van der Waals surface area contributed by atoms with Crippen molar-refractivity contribution in [1.82, 2.24) is 79.0 Å². The van der Waals surface area contributed by atoms with Crippen LogP contribution < -0.4 is 98.5 Å². The van der Waals surface area contributed by atoms with Crippen LogP contribution in [0.1, 0.15) is 116 Å². The molecule has 3 aromatic rings. The van der Waals surface area contributed by atoms with Gasteiger partial charge in [0.05, 0.1) is 31.2 Å². The SMILES string of the molecule is CC[C@H](C)[C@H](NC(=O)[C@@H](N)CCCN=C(N)N)C(=O)N[C@@H](CC(N)=O)C(=O)N[C@@H](CC(N)=O)C(=O)N[C@H](C(=O)N1CC(C2=CN(CCc3ccccc3)NN2)C[C@H]1C(=O)N[C@@H](Cc1c[nH]c2ccccc12)C(=O)N[C@@H](CO)C(=O)N[C@@H](CCC(=O)O)C(=O)N[C@@H](C)C(=O)N[C@@H](CCSC)C(=O)N[C@@H](CCSC)C(N)=O)[C@@H](C)CC. The van der Waals surface area contributed by atoms with E-state index < -0.39 is 211 Å². The van der Waals surface area contributed by atoms with Crippen molar-refractivity contribution in [3.63, 3.8) is 0 Å². The van der Waals surface area contributed by atoms with Gasteiger partial charge < -0.3 is 113 Å². The second-order valence-corrected chi connectivity index (χ2v) is 30.1. The number of aromatic amines is 1. The number of nitrogens with zero attached hydrogens (tertiary/aromatic N) is 3. The Balaban J connectivity index is 1.47. The largest absolute Gasteiger partial charge is 0.481 e. The van der Waals surface area contributed by atoms with E-state index in [1.807, 2.05) is 30.3 Å². The molecular formula is C73H112N22O17S2. The first kappa shape index (κ1) is 93.8. The van der Waals surface area contributed by atoms with Gasteiger partial charge in [0.2, 0.25) is 82.7 Å². The molecule has 2 aromatic carbocycles. The Morgan fingerprint density at radius 1 is 0.596 bits per heavy atom. The summed E-state index contributed by atoms with van der Waals surface area (Å²) in [5.74, 6) is -16.6. The first-order valence-electron chi connectivity index (χ1n) is 37.5. The average Bonchev–Trinajstić information content (AvgIpc) is 1.63. The first-order chi connectivity index (χ1) is 54.1. The van der Waals surface area contributed by atoms with E-state index in [9.17, 15) is 67.7 Å². The van der Waals surface area contributed by atoms with Gasteiger partial charge in [0.15, 0.2) is 5.96 Å². The predicted octanol–water partition coefficient (Wildman–Crippen LogP) is -4.72. The lowest BCUT2D eigenvalue weighted by atomic mass is 9.96. The van der Waals surface area contributed by atoms with Gasteiger partial charge >= 0.3 is 5.97 Å². The number of H-pyrrole nitrogens is 1. The van der Waals surface area contributed by atoms with E-state index in [-0.39, 0.29) is 57.6 Å². The summed E-state index contributed by atoms with van der Waals surface area (Å²) in [6, 6.07) is -1.73. The maximum Gasteiger partial charge on any atom is 0.303 e. The number of guanidine groups is 1. The van der Waals surface area contributed by atoms with Crippen LogP contribution in [-0.2, 0) is 84.8 Å². The molecule has 114 heavy (non-hydrogen) atoms. The Hall–Kier alpha value is -10.8. The number of fused-ring (bicyclic) bond motifs is 1. The summed E-state index contributed by atoms with van der Waals surface area (Å²) in [6.45, 7) is 7.17. The van der Waals surface area contributed by atoms with Gasteiger partial charge in [0.1, 0.15) is 66.5 Å². The van der Waals surface area contributed by atoms with Crippen LogP contribution in [-0.4, -0.2) is 242 Å². The molecule has 1 unspecified atom stereocenters. The third-order valence-electron chi connectivity index (χ3n) is 19.5. The number of primary amides is 3. The van der Waals surface area contributed by atoms with E-state index in [0.29, 0.717) is 59.5 Å². The fourth-order valence-corrected chi connectivity index (χ4v) is 13.4. The van der Waals surface area contributed by atoms with Gasteiger partial charge in [0, 0.05) is 61.7 Å². The number of hydrogen-bond donors (Lipinski definition) is 21. The molecular weight excluding hydrogens is 1520 g/mol. The topological polar surface area (TPSA) is 632 Å². The standard InChI is InChI=1S/C73H112N22O17S2/c1-8-38(3)59(90-63(103)45(74)19-15-26-80-73(78)79)71(111)88-51(32-56(75)97)67(107)86-52(33-57(76)98)68(108)91-60(39(4)9-2)72(112)95-35-43(53-36-94(93-92-53)27-23-41-16-11-10-12-17-41)31-55(95)70(110)87-50(30-42-34-81-46-20-14-13-18-44(42)46)66(106)89-54(37-96)69(109)85-48(21-22-58(99)100)64(104)82-40(5)62(102)84-49(25-29-114-7)65(105)83-47(61(77)101)24-28-113-6/h10-14,16-18,20,34,36,38-40,43,45,47-52,54-55,59-60,81,92-93,96H,8-9,15,19,21-33,35,37,74H2,1-7H3,(H2,75,97)(H2,76,98)(H2,77,101)(H,82,104)(H,83,105)(H,84,102)(H,85,109)(H,86,107)(H,87,110)(H,88,111)(H,89,106)(H,90,103)(H,91,108)(H,99,100)(H4,78,79,80)/t38-,39-,40-,43?,45-,47-,48-,49-,50-,51-,52-,54-,55-,59-,60-/m0/s1. The summed E-state index contributed by atoms with van der Waals surface area (Å²) < 4.78 is 0. The van der Waals surface area contributed by atoms with Gasteiger partial charge in [-0.15, -0.1) is 5.53 Å². The number of carbonyl (C=O) groups excluding carboxylic acids is 14. The number of carbonyl (C=O) groups is 15. The lowest BCUT2D eigenvalue weighted by Gasteiger charge is -2.33. The molecule has 0 radical (unpaired) electrons. The number of rotatable bonds is 50. The number of aliphatic carboxylic acids is 1. The summed E-state index contributed by atoms with van der Waals surface area (Å²) >= 11 is 2.78. The lowest BCUT2D eigenvalue weighted by Crippen LogP contribution is -2.62. The Kier molecular flexibility index (Phi) is 38.7. The molecule has 41 heteroatoms. The van der Waals surface area contributed by atoms with E-state index in [1.54, 1.807) is 81.9 Å². The second-order valence-electron chi connectivity index (χ2n) is 28.1. The molecule has 39 nitrogen and oxygen atoms in total. The number of amides is 14. The second kappa shape index (κ2) is 47.0. The quantitative estimate of drug-likeness (QED) is 0.0143. The number of nitrogens with one attached hydrogen (secondary N) is 13. The van der Waals surface area contributed by atoms with Crippen LogP contribution >= 0.6 is 23.5 Å². The molecule has 5 rings (SSSR count). The van der Waals surface area contributed by atoms with Gasteiger partial charge in [-0.2, -0.15) is 23.5 Å². The number of aliphatic hydroxyl groups excluding tert-OH is 1. The number of para-hydroxylation sites is 1. The van der Waals surface area contributed by atoms with Crippen molar-refractivity contribution in [3.8, 4) is 0 Å². The molecule has 628 valence electrons. The number of aliphatic hydroxyl groups is 1. The van der Waals surface area contributed by atoms with E-state index in [0.717, 1.165) is 5.56 Å². The molecule has 2 aliphatic heterocycles. The Morgan fingerprint density at radius 3 is 1.73 bits per heavy atom. The maximum atomic E-state index is 15.7. The zero-order valence-corrected chi connectivity index (χ0v) is 66.7. The van der Waals surface area contributed by atoms with E-state index >= 15 is 14.4 Å². The summed E-state index contributed by atoms with van der Waals surface area (Å²) in [4.78, 5) is 216. The number of hydrogen-bond acceptors (Lipinski definition) is 23. The molecule has 2 aliphatic rings. The number of benzene rings is 2. The van der Waals surface area contributed by atoms with Gasteiger partial charge in [-0.05, 0) is 105 Å². The van der Waals surface area contributed by atoms with Crippen LogP contribution in [0.3, 0.4) is 0 Å². The van der Waals surface area contributed by atoms with Gasteiger partial charge in [-0.25, -0.2) is 0 Å². The first-order valence-corrected chi connectivity index (χ1v) is 40.3. The zero-order chi connectivity index (χ0) is 84.5. The van der Waals surface area contributed by atoms with Gasteiger partial charge in [-0.1, -0.05) is 89.1 Å². The van der Waals surface area contributed by atoms with Crippen molar-refractivity contribution in [2.24, 2.45) is 57.1 Å². The van der Waals surface area contributed by atoms with Crippen molar-refractivity contribution in [3.05, 3.63) is 83.8 Å². The van der Waals surface area contributed by atoms with Gasteiger partial charge in [0.25, 0.3) is 0 Å². The van der Waals surface area contributed by atoms with Crippen LogP contribution in [0.15, 0.2) is 77.7 Å². The number of aromatic nitrogens is 1. The molecule has 0 aliphatic carbocycles. The summed E-state index contributed by atoms with van der Waals surface area (Å²) in [5.41, 5.74) is 42.6. The number of likely N-dealkylation sites (tertiary alicyclic amines) is 1. The maximum absolute atomic E-state index is 15.7. The molecule has 27 N–H and O–H groups in total. The summed E-state index contributed by atoms with van der Waals surface area (Å²) in [7, 11) is 0. The fourth-order valence-electron chi connectivity index (χ4n) is 12.5. The minimum absolute atomic E-state index is 0.0925. The van der Waals surface area contributed by atoms with Crippen molar-refractivity contribution >= 4 is 129 Å². The molecule has 15 atom stereocenters.